The number of hydrogen-bond acceptors (Lipinski definition) is 3. The van der Waals surface area contributed by atoms with Crippen molar-refractivity contribution in [2.24, 2.45) is 4.99 Å². The van der Waals surface area contributed by atoms with Crippen LogP contribution in [0.15, 0.2) is 51.9 Å². The Balaban J connectivity index is 2.13. The molecule has 0 amide bonds. The minimum absolute atomic E-state index is 0.331. The van der Waals surface area contributed by atoms with Gasteiger partial charge in [0.15, 0.2) is 6.61 Å². The zero-order valence-corrected chi connectivity index (χ0v) is 13.1. The number of ether oxygens (including phenoxy) is 1. The molecule has 0 aliphatic heterocycles. The summed E-state index contributed by atoms with van der Waals surface area (Å²) >= 11 is 9.45. The van der Waals surface area contributed by atoms with Crippen molar-refractivity contribution >= 4 is 45.4 Å². The van der Waals surface area contributed by atoms with Crippen molar-refractivity contribution in [1.29, 1.82) is 0 Å². The van der Waals surface area contributed by atoms with Crippen molar-refractivity contribution in [1.82, 2.24) is 0 Å². The first kappa shape index (κ1) is 15.5. The zero-order valence-electron chi connectivity index (χ0n) is 10.8. The van der Waals surface area contributed by atoms with Gasteiger partial charge in [0.25, 0.3) is 0 Å². The highest BCUT2D eigenvalue weighted by Gasteiger charge is 2.05. The van der Waals surface area contributed by atoms with Crippen LogP contribution in [0, 0.1) is 0 Å². The average molecular weight is 369 g/mol. The van der Waals surface area contributed by atoms with E-state index in [9.17, 15) is 4.79 Å². The molecule has 2 rings (SSSR count). The van der Waals surface area contributed by atoms with Crippen molar-refractivity contribution in [3.05, 3.63) is 57.5 Å². The minimum Gasteiger partial charge on any atom is -0.480 e. The van der Waals surface area contributed by atoms with E-state index in [1.54, 1.807) is 24.4 Å². The largest absolute Gasteiger partial charge is 0.480 e. The van der Waals surface area contributed by atoms with Gasteiger partial charge in [0.05, 0.1) is 10.7 Å². The Labute approximate surface area is 135 Å². The Morgan fingerprint density at radius 3 is 2.76 bits per heavy atom. The van der Waals surface area contributed by atoms with E-state index in [0.29, 0.717) is 10.8 Å². The molecule has 0 aliphatic carbocycles. The van der Waals surface area contributed by atoms with Crippen molar-refractivity contribution in [2.75, 3.05) is 6.61 Å². The number of aliphatic imine (C=N–C) groups is 1. The number of para-hydroxylation sites is 1. The molecule has 0 saturated carbocycles. The Hall–Kier alpha value is -1.85. The number of aliphatic carboxylic acids is 1. The van der Waals surface area contributed by atoms with Gasteiger partial charge in [0, 0.05) is 10.7 Å². The molecule has 6 heteroatoms. The second kappa shape index (κ2) is 7.24. The van der Waals surface area contributed by atoms with E-state index in [1.807, 2.05) is 24.3 Å². The number of hydrogen-bond donors (Lipinski definition) is 1. The predicted molar refractivity (Wildman–Crippen MR) is 86.0 cm³/mol. The number of halogens is 2. The van der Waals surface area contributed by atoms with Gasteiger partial charge in [0.2, 0.25) is 0 Å². The first-order valence-electron chi connectivity index (χ1n) is 5.99. The molecule has 0 atom stereocenters. The minimum atomic E-state index is -1.05. The highest BCUT2D eigenvalue weighted by Crippen LogP contribution is 2.26. The number of nitrogens with zero attached hydrogens (tertiary/aromatic N) is 1. The molecule has 2 aromatic carbocycles. The lowest BCUT2D eigenvalue weighted by atomic mass is 10.2. The Morgan fingerprint density at radius 2 is 2.10 bits per heavy atom. The summed E-state index contributed by atoms with van der Waals surface area (Å²) in [5, 5.41) is 8.90. The molecule has 1 N–H and O–H groups in total. The van der Waals surface area contributed by atoms with E-state index in [4.69, 9.17) is 21.4 Å². The maximum atomic E-state index is 10.4. The fourth-order valence-electron chi connectivity index (χ4n) is 1.55. The van der Waals surface area contributed by atoms with Gasteiger partial charge in [-0.2, -0.15) is 0 Å². The molecule has 0 heterocycles. The molecule has 0 unspecified atom stereocenters. The van der Waals surface area contributed by atoms with Crippen LogP contribution in [-0.4, -0.2) is 23.9 Å². The Bertz CT molecular complexity index is 688. The Morgan fingerprint density at radius 1 is 1.33 bits per heavy atom. The van der Waals surface area contributed by atoms with Crippen molar-refractivity contribution in [2.45, 2.75) is 0 Å². The van der Waals surface area contributed by atoms with E-state index in [2.05, 4.69) is 20.9 Å². The second-order valence-corrected chi connectivity index (χ2v) is 5.34. The smallest absolute Gasteiger partial charge is 0.341 e. The third-order valence-corrected chi connectivity index (χ3v) is 3.48. The summed E-state index contributed by atoms with van der Waals surface area (Å²) in [4.78, 5) is 14.8. The summed E-state index contributed by atoms with van der Waals surface area (Å²) in [5.41, 5.74) is 1.60. The lowest BCUT2D eigenvalue weighted by molar-refractivity contribution is -0.139. The third kappa shape index (κ3) is 4.58. The van der Waals surface area contributed by atoms with Gasteiger partial charge in [-0.05, 0) is 51.8 Å². The summed E-state index contributed by atoms with van der Waals surface area (Å²) in [6.07, 6.45) is 1.67. The fourth-order valence-corrected chi connectivity index (χ4v) is 2.19. The number of rotatable bonds is 5. The molecule has 2 aromatic rings. The van der Waals surface area contributed by atoms with Gasteiger partial charge in [-0.1, -0.05) is 23.7 Å². The van der Waals surface area contributed by atoms with E-state index in [0.717, 1.165) is 15.7 Å². The van der Waals surface area contributed by atoms with Crippen LogP contribution in [0.3, 0.4) is 0 Å². The van der Waals surface area contributed by atoms with E-state index in [-0.39, 0.29) is 0 Å². The van der Waals surface area contributed by atoms with Crippen LogP contribution >= 0.6 is 27.5 Å². The molecule has 0 bridgehead atoms. The predicted octanol–water partition coefficient (Wildman–Crippen LogP) is 4.32. The fraction of sp³-hybridized carbons (Fsp3) is 0.0667. The van der Waals surface area contributed by atoms with Crippen LogP contribution in [0.4, 0.5) is 5.69 Å². The van der Waals surface area contributed by atoms with Gasteiger partial charge in [-0.3, -0.25) is 4.99 Å². The summed E-state index contributed by atoms with van der Waals surface area (Å²) in [6, 6.07) is 12.6. The van der Waals surface area contributed by atoms with Gasteiger partial charge in [-0.15, -0.1) is 0 Å². The number of benzene rings is 2. The number of carboxylic acids is 1. The summed E-state index contributed by atoms with van der Waals surface area (Å²) in [5.74, 6) is -0.720. The standard InChI is InChI=1S/C15H11BrClNO3/c16-11-3-1-2-4-13(11)18-8-10-5-6-14(12(17)7-10)21-9-15(19)20/h1-8H,9H2,(H,19,20). The maximum Gasteiger partial charge on any atom is 0.341 e. The summed E-state index contributed by atoms with van der Waals surface area (Å²) < 4.78 is 5.95. The quantitative estimate of drug-likeness (QED) is 0.800. The first-order chi connectivity index (χ1) is 10.1. The molecule has 0 spiro atoms. The molecule has 0 fully saturated rings. The molecule has 4 nitrogen and oxygen atoms in total. The van der Waals surface area contributed by atoms with Crippen molar-refractivity contribution < 1.29 is 14.6 Å². The van der Waals surface area contributed by atoms with E-state index >= 15 is 0 Å². The second-order valence-electron chi connectivity index (χ2n) is 4.08. The van der Waals surface area contributed by atoms with Gasteiger partial charge in [0.1, 0.15) is 5.75 Å². The van der Waals surface area contributed by atoms with Crippen LogP contribution in [0.2, 0.25) is 5.02 Å². The monoisotopic (exact) mass is 367 g/mol. The summed E-state index contributed by atoms with van der Waals surface area (Å²) in [7, 11) is 0. The van der Waals surface area contributed by atoms with E-state index in [1.165, 1.54) is 0 Å². The molecule has 0 saturated heterocycles. The van der Waals surface area contributed by atoms with Gasteiger partial charge < -0.3 is 9.84 Å². The molecular weight excluding hydrogens is 358 g/mol. The van der Waals surface area contributed by atoms with Crippen molar-refractivity contribution in [3.8, 4) is 5.75 Å². The molecule has 0 aliphatic rings. The molecular formula is C15H11BrClNO3. The third-order valence-electron chi connectivity index (χ3n) is 2.51. The number of carboxylic acid groups (broad SMARTS) is 1. The molecule has 108 valence electrons. The Kier molecular flexibility index (Phi) is 5.36. The van der Waals surface area contributed by atoms with Gasteiger partial charge in [-0.25, -0.2) is 4.79 Å². The molecule has 0 aromatic heterocycles. The van der Waals surface area contributed by atoms with E-state index < -0.39 is 12.6 Å². The molecule has 0 radical (unpaired) electrons. The SMILES string of the molecule is O=C(O)COc1ccc(C=Nc2ccccc2Br)cc1Cl. The lowest BCUT2D eigenvalue weighted by Crippen LogP contribution is -2.09. The van der Waals surface area contributed by atoms with Crippen LogP contribution in [0.1, 0.15) is 5.56 Å². The maximum absolute atomic E-state index is 10.4. The number of carbonyl (C=O) groups is 1. The van der Waals surface area contributed by atoms with Crippen LogP contribution in [0.25, 0.3) is 0 Å². The van der Waals surface area contributed by atoms with Crippen LogP contribution < -0.4 is 4.74 Å². The summed E-state index contributed by atoms with van der Waals surface area (Å²) in [6.45, 7) is -0.426. The van der Waals surface area contributed by atoms with Crippen LogP contribution in [-0.2, 0) is 4.79 Å². The van der Waals surface area contributed by atoms with Crippen LogP contribution in [0.5, 0.6) is 5.75 Å². The average Bonchev–Trinajstić information content (AvgIpc) is 2.45. The van der Waals surface area contributed by atoms with Crippen molar-refractivity contribution in [3.63, 3.8) is 0 Å². The van der Waals surface area contributed by atoms with Gasteiger partial charge >= 0.3 is 5.97 Å². The topological polar surface area (TPSA) is 58.9 Å². The highest BCUT2D eigenvalue weighted by molar-refractivity contribution is 9.10. The molecule has 21 heavy (non-hydrogen) atoms. The lowest BCUT2D eigenvalue weighted by Gasteiger charge is -2.05. The normalized spacial score (nSPS) is 10.8. The highest BCUT2D eigenvalue weighted by atomic mass is 79.9. The first-order valence-corrected chi connectivity index (χ1v) is 7.16. The zero-order chi connectivity index (χ0) is 15.2.